The Morgan fingerprint density at radius 3 is 2.32 bits per heavy atom. The van der Waals surface area contributed by atoms with E-state index < -0.39 is 101 Å². The van der Waals surface area contributed by atoms with Crippen molar-refractivity contribution in [2.24, 2.45) is 35.3 Å². The molecule has 3 amide bonds. The molecule has 2 fully saturated rings. The molecular weight excluding hydrogens is 542 g/mol. The number of fused-ring (bicyclic) bond motifs is 3. The summed E-state index contributed by atoms with van der Waals surface area (Å²) in [6.45, 7) is 4.90. The van der Waals surface area contributed by atoms with Gasteiger partial charge in [0.2, 0.25) is 5.91 Å². The Balaban J connectivity index is 1.72. The summed E-state index contributed by atoms with van der Waals surface area (Å²) < 4.78 is 4.68. The maximum absolute atomic E-state index is 13.7. The number of aromatic hydroxyl groups is 1. The van der Waals surface area contributed by atoms with Gasteiger partial charge in [-0.25, -0.2) is 9.59 Å². The van der Waals surface area contributed by atoms with Crippen LogP contribution in [-0.2, 0) is 28.7 Å². The molecular formula is C27H31N3O11. The minimum absolute atomic E-state index is 0.218. The van der Waals surface area contributed by atoms with E-state index in [1.54, 1.807) is 20.8 Å². The molecule has 0 spiro atoms. The molecule has 0 aliphatic heterocycles. The molecule has 0 bridgehead atoms. The molecule has 0 saturated heterocycles. The van der Waals surface area contributed by atoms with Crippen LogP contribution in [0.3, 0.4) is 0 Å². The van der Waals surface area contributed by atoms with Crippen LogP contribution < -0.4 is 16.4 Å². The fourth-order valence-electron chi connectivity index (χ4n) is 6.38. The Hall–Kier alpha value is -4.17. The van der Waals surface area contributed by atoms with E-state index in [4.69, 9.17) is 5.73 Å². The van der Waals surface area contributed by atoms with Crippen molar-refractivity contribution in [1.82, 2.24) is 5.32 Å². The van der Waals surface area contributed by atoms with Gasteiger partial charge in [-0.15, -0.1) is 0 Å². The third-order valence-corrected chi connectivity index (χ3v) is 8.52. The van der Waals surface area contributed by atoms with Gasteiger partial charge >= 0.3 is 12.0 Å². The van der Waals surface area contributed by atoms with Crippen LogP contribution in [0.4, 0.5) is 10.5 Å². The van der Waals surface area contributed by atoms with Gasteiger partial charge < -0.3 is 36.4 Å². The molecule has 1 aromatic rings. The first-order chi connectivity index (χ1) is 19.1. The standard InChI is InChI=1S/C27H31N3O11/c1-8(2)18(25(38)41-4)30-26(39)29-12-6-5-10-9(3)14-17(21(34)15(10)20(12)33)23(36)27(40)11(19(14)32)7-13(31)16(22(27)35)24(28)37/h5-6,8-9,11,14,16-19,32-33,40H,7H2,1-4H3,(H2,28,37)(H2,29,30,39)/t9-,11+,14+,16?,17?,18?,19+,27+/m0/s1. The van der Waals surface area contributed by atoms with E-state index >= 15 is 0 Å². The number of esters is 1. The number of primary amides is 1. The van der Waals surface area contributed by atoms with E-state index in [-0.39, 0.29) is 22.7 Å². The summed E-state index contributed by atoms with van der Waals surface area (Å²) in [7, 11) is 1.15. The quantitative estimate of drug-likeness (QED) is 0.144. The molecule has 1 aromatic carbocycles. The highest BCUT2D eigenvalue weighted by Gasteiger charge is 2.69. The molecule has 3 unspecified atom stereocenters. The van der Waals surface area contributed by atoms with Crippen LogP contribution in [0, 0.1) is 29.6 Å². The van der Waals surface area contributed by atoms with Gasteiger partial charge in [-0.2, -0.15) is 0 Å². The van der Waals surface area contributed by atoms with Crippen LogP contribution in [-0.4, -0.2) is 81.2 Å². The van der Waals surface area contributed by atoms with Crippen molar-refractivity contribution in [3.63, 3.8) is 0 Å². The molecule has 14 heteroatoms. The van der Waals surface area contributed by atoms with Gasteiger partial charge in [-0.05, 0) is 23.5 Å². The molecule has 14 nitrogen and oxygen atoms in total. The van der Waals surface area contributed by atoms with Gasteiger partial charge in [-0.1, -0.05) is 26.8 Å². The summed E-state index contributed by atoms with van der Waals surface area (Å²) in [6, 6.07) is 0.761. The first kappa shape index (κ1) is 29.8. The number of carbonyl (C=O) groups excluding carboxylic acids is 7. The van der Waals surface area contributed by atoms with Crippen molar-refractivity contribution in [2.75, 3.05) is 12.4 Å². The molecule has 41 heavy (non-hydrogen) atoms. The number of anilines is 1. The molecule has 2 saturated carbocycles. The van der Waals surface area contributed by atoms with Crippen LogP contribution in [0.1, 0.15) is 49.0 Å². The van der Waals surface area contributed by atoms with Gasteiger partial charge in [0.15, 0.2) is 34.7 Å². The Bertz CT molecular complexity index is 1390. The summed E-state index contributed by atoms with van der Waals surface area (Å²) in [6.07, 6.45) is -2.38. The van der Waals surface area contributed by atoms with Crippen LogP contribution in [0.2, 0.25) is 0 Å². The van der Waals surface area contributed by atoms with Crippen molar-refractivity contribution in [3.05, 3.63) is 23.3 Å². The molecule has 8 atom stereocenters. The summed E-state index contributed by atoms with van der Waals surface area (Å²) in [4.78, 5) is 89.5. The fourth-order valence-corrected chi connectivity index (χ4v) is 6.38. The predicted molar refractivity (Wildman–Crippen MR) is 137 cm³/mol. The van der Waals surface area contributed by atoms with Gasteiger partial charge in [-0.3, -0.25) is 24.0 Å². The third-order valence-electron chi connectivity index (χ3n) is 8.52. The second-order valence-corrected chi connectivity index (χ2v) is 11.1. The average Bonchev–Trinajstić information content (AvgIpc) is 2.90. The molecule has 0 aromatic heterocycles. The minimum Gasteiger partial charge on any atom is -0.505 e. The van der Waals surface area contributed by atoms with Crippen LogP contribution >= 0.6 is 0 Å². The van der Waals surface area contributed by atoms with Crippen LogP contribution in [0.15, 0.2) is 12.1 Å². The number of aliphatic hydroxyl groups excluding tert-OH is 1. The number of urea groups is 1. The van der Waals surface area contributed by atoms with E-state index in [0.29, 0.717) is 0 Å². The Morgan fingerprint density at radius 2 is 1.76 bits per heavy atom. The number of benzene rings is 1. The number of rotatable bonds is 5. The highest BCUT2D eigenvalue weighted by Crippen LogP contribution is 2.54. The van der Waals surface area contributed by atoms with E-state index in [1.807, 2.05) is 0 Å². The number of Topliss-reactive ketones (excluding diaryl/α,β-unsaturated/α-hetero) is 4. The maximum atomic E-state index is 13.7. The third kappa shape index (κ3) is 4.37. The van der Waals surface area contributed by atoms with E-state index in [1.165, 1.54) is 12.1 Å². The minimum atomic E-state index is -3.04. The zero-order chi connectivity index (χ0) is 30.7. The van der Waals surface area contributed by atoms with E-state index in [0.717, 1.165) is 7.11 Å². The van der Waals surface area contributed by atoms with Gasteiger partial charge in [0.1, 0.15) is 11.8 Å². The van der Waals surface area contributed by atoms with Gasteiger partial charge in [0, 0.05) is 18.3 Å². The van der Waals surface area contributed by atoms with E-state index in [2.05, 4.69) is 15.4 Å². The first-order valence-electron chi connectivity index (χ1n) is 13.0. The number of phenolic OH excluding ortho intramolecular Hbond substituents is 1. The Labute approximate surface area is 233 Å². The molecule has 7 N–H and O–H groups in total. The smallest absolute Gasteiger partial charge is 0.328 e. The number of hydrogen-bond donors (Lipinski definition) is 6. The van der Waals surface area contributed by atoms with Crippen LogP contribution in [0.5, 0.6) is 5.75 Å². The number of aliphatic hydroxyl groups is 2. The van der Waals surface area contributed by atoms with E-state index in [9.17, 15) is 48.9 Å². The number of hydrogen-bond acceptors (Lipinski definition) is 11. The average molecular weight is 574 g/mol. The topological polar surface area (TPSA) is 239 Å². The number of nitrogens with two attached hydrogens (primary N) is 1. The zero-order valence-electron chi connectivity index (χ0n) is 22.7. The number of phenols is 1. The number of nitrogens with one attached hydrogen (secondary N) is 2. The van der Waals surface area contributed by atoms with Crippen molar-refractivity contribution in [3.8, 4) is 5.75 Å². The molecule has 220 valence electrons. The fraction of sp³-hybridized carbons (Fsp3) is 0.519. The number of ether oxygens (including phenoxy) is 1. The summed E-state index contributed by atoms with van der Waals surface area (Å²) in [5.74, 6) is -15.4. The highest BCUT2D eigenvalue weighted by atomic mass is 16.5. The van der Waals surface area contributed by atoms with Gasteiger partial charge in [0.05, 0.1) is 30.4 Å². The normalized spacial score (nSPS) is 31.5. The molecule has 0 heterocycles. The number of carbonyl (C=O) groups is 7. The Kier molecular flexibility index (Phi) is 7.52. The highest BCUT2D eigenvalue weighted by molar-refractivity contribution is 6.31. The molecule has 3 aliphatic carbocycles. The lowest BCUT2D eigenvalue weighted by atomic mass is 9.50. The second kappa shape index (κ2) is 10.3. The summed E-state index contributed by atoms with van der Waals surface area (Å²) >= 11 is 0. The largest absolute Gasteiger partial charge is 0.505 e. The zero-order valence-corrected chi connectivity index (χ0v) is 22.7. The van der Waals surface area contributed by atoms with Crippen molar-refractivity contribution in [1.29, 1.82) is 0 Å². The summed E-state index contributed by atoms with van der Waals surface area (Å²) in [5.41, 5.74) is 1.73. The van der Waals surface area contributed by atoms with Crippen molar-refractivity contribution < 1.29 is 53.6 Å². The predicted octanol–water partition coefficient (Wildman–Crippen LogP) is -0.822. The summed E-state index contributed by atoms with van der Waals surface area (Å²) in [5, 5.41) is 38.4. The lowest BCUT2D eigenvalue weighted by Crippen LogP contribution is -2.72. The maximum Gasteiger partial charge on any atom is 0.328 e. The molecule has 4 rings (SSSR count). The molecule has 0 radical (unpaired) electrons. The SMILES string of the molecule is COC(=O)C(NC(=O)Nc1ccc2c(c1O)C(=O)C1C(=O)[C@]3(O)C(=O)C(C(N)=O)C(=O)C[C@@H]3[C@@H](O)[C@@H]1[C@H]2C)C(C)C. The second-order valence-electron chi connectivity index (χ2n) is 11.1. The number of amides is 3. The lowest BCUT2D eigenvalue weighted by molar-refractivity contribution is -0.189. The lowest BCUT2D eigenvalue weighted by Gasteiger charge is -2.52. The van der Waals surface area contributed by atoms with Crippen molar-refractivity contribution >= 4 is 46.7 Å². The van der Waals surface area contributed by atoms with Gasteiger partial charge in [0.25, 0.3) is 0 Å². The number of ketones is 4. The monoisotopic (exact) mass is 573 g/mol. The van der Waals surface area contributed by atoms with Crippen molar-refractivity contribution in [2.45, 2.75) is 50.9 Å². The van der Waals surface area contributed by atoms with Crippen LogP contribution in [0.25, 0.3) is 0 Å². The Morgan fingerprint density at radius 1 is 1.12 bits per heavy atom. The molecule has 3 aliphatic rings. The first-order valence-corrected chi connectivity index (χ1v) is 13.0. The number of methoxy groups -OCH3 is 1.